The fourth-order valence-corrected chi connectivity index (χ4v) is 6.65. The van der Waals surface area contributed by atoms with Crippen molar-refractivity contribution in [3.63, 3.8) is 0 Å². The molecular formula is C28H44N4OS. The lowest BCUT2D eigenvalue weighted by Gasteiger charge is -2.42. The molecule has 188 valence electrons. The molecule has 2 heterocycles. The number of hydrogen-bond donors (Lipinski definition) is 2. The van der Waals surface area contributed by atoms with Gasteiger partial charge in [0.15, 0.2) is 5.13 Å². The van der Waals surface area contributed by atoms with Crippen LogP contribution in [0.4, 0.5) is 5.13 Å². The molecule has 1 aliphatic heterocycles. The third kappa shape index (κ3) is 5.51. The molecule has 2 aromatic rings. The van der Waals surface area contributed by atoms with Gasteiger partial charge in [0.25, 0.3) is 0 Å². The molecule has 1 saturated heterocycles. The molecule has 6 heteroatoms. The molecule has 1 aromatic heterocycles. The quantitative estimate of drug-likeness (QED) is 0.481. The first kappa shape index (κ1) is 25.6. The highest BCUT2D eigenvalue weighted by atomic mass is 32.1. The van der Waals surface area contributed by atoms with Crippen LogP contribution in [0.3, 0.4) is 0 Å². The van der Waals surface area contributed by atoms with Crippen LogP contribution in [0.2, 0.25) is 0 Å². The zero-order valence-corrected chi connectivity index (χ0v) is 22.5. The molecule has 0 amide bonds. The predicted octanol–water partition coefficient (Wildman–Crippen LogP) is 5.16. The van der Waals surface area contributed by atoms with Crippen LogP contribution in [0, 0.1) is 0 Å². The summed E-state index contributed by atoms with van der Waals surface area (Å²) in [6.45, 7) is 14.7. The number of aromatic nitrogens is 1. The molecule has 1 fully saturated rings. The third-order valence-corrected chi connectivity index (χ3v) is 9.09. The summed E-state index contributed by atoms with van der Waals surface area (Å²) >= 11 is 1.77. The lowest BCUT2D eigenvalue weighted by molar-refractivity contribution is 0.163. The maximum absolute atomic E-state index is 9.12. The summed E-state index contributed by atoms with van der Waals surface area (Å²) in [7, 11) is 0. The van der Waals surface area contributed by atoms with E-state index in [0.717, 1.165) is 69.2 Å². The first-order valence-corrected chi connectivity index (χ1v) is 14.0. The van der Waals surface area contributed by atoms with Crippen LogP contribution in [-0.2, 0) is 10.8 Å². The van der Waals surface area contributed by atoms with Gasteiger partial charge in [-0.05, 0) is 73.1 Å². The van der Waals surface area contributed by atoms with Crippen molar-refractivity contribution in [1.29, 1.82) is 0 Å². The second-order valence-corrected chi connectivity index (χ2v) is 12.4. The van der Waals surface area contributed by atoms with Crippen molar-refractivity contribution in [3.8, 4) is 11.3 Å². The standard InChI is InChI=1S/C28H44N4OS/c1-27(2)11-12-28(3,4)24-19-21(8-9-23(24)27)25-20-34-26(30-25)32-16-14-31(15-17-32)22(10-13-29)7-5-6-18-33/h8-9,19-20,22,33H,5-7,10-18,29H2,1-4H3. The summed E-state index contributed by atoms with van der Waals surface area (Å²) in [4.78, 5) is 10.1. The number of nitrogens with two attached hydrogens (primary N) is 1. The average Bonchev–Trinajstić information content (AvgIpc) is 3.32. The van der Waals surface area contributed by atoms with Gasteiger partial charge >= 0.3 is 0 Å². The highest BCUT2D eigenvalue weighted by Gasteiger charge is 2.37. The topological polar surface area (TPSA) is 65.6 Å². The second-order valence-electron chi connectivity index (χ2n) is 11.5. The van der Waals surface area contributed by atoms with E-state index in [1.54, 1.807) is 11.3 Å². The lowest BCUT2D eigenvalue weighted by Crippen LogP contribution is -2.50. The van der Waals surface area contributed by atoms with Crippen molar-refractivity contribution in [1.82, 2.24) is 9.88 Å². The molecule has 5 nitrogen and oxygen atoms in total. The SMILES string of the molecule is CC1(C)CCC(C)(C)c2cc(-c3csc(N4CCN(C(CCN)CCCCO)CC4)n3)ccc21. The van der Waals surface area contributed by atoms with Gasteiger partial charge in [0.1, 0.15) is 0 Å². The van der Waals surface area contributed by atoms with Gasteiger partial charge in [0.05, 0.1) is 5.69 Å². The minimum absolute atomic E-state index is 0.216. The molecule has 1 aliphatic carbocycles. The van der Waals surface area contributed by atoms with Crippen LogP contribution in [0.25, 0.3) is 11.3 Å². The number of nitrogens with zero attached hydrogens (tertiary/aromatic N) is 3. The summed E-state index contributed by atoms with van der Waals surface area (Å²) in [5.74, 6) is 0. The van der Waals surface area contributed by atoms with E-state index in [4.69, 9.17) is 15.8 Å². The van der Waals surface area contributed by atoms with Gasteiger partial charge < -0.3 is 15.7 Å². The van der Waals surface area contributed by atoms with Gasteiger partial charge in [-0.2, -0.15) is 0 Å². The predicted molar refractivity (Wildman–Crippen MR) is 145 cm³/mol. The van der Waals surface area contributed by atoms with Gasteiger partial charge in [-0.15, -0.1) is 11.3 Å². The molecule has 0 spiro atoms. The Balaban J connectivity index is 1.44. The van der Waals surface area contributed by atoms with Crippen molar-refractivity contribution in [2.45, 2.75) is 83.1 Å². The largest absolute Gasteiger partial charge is 0.396 e. The van der Waals surface area contributed by atoms with E-state index in [-0.39, 0.29) is 17.4 Å². The van der Waals surface area contributed by atoms with Crippen molar-refractivity contribution < 1.29 is 5.11 Å². The van der Waals surface area contributed by atoms with Crippen LogP contribution in [0.1, 0.15) is 77.3 Å². The zero-order valence-electron chi connectivity index (χ0n) is 21.6. The Bertz CT molecular complexity index is 946. The van der Waals surface area contributed by atoms with Gasteiger partial charge in [-0.1, -0.05) is 39.8 Å². The second kappa shape index (κ2) is 10.7. The van der Waals surface area contributed by atoms with E-state index in [0.29, 0.717) is 6.04 Å². The number of thiazole rings is 1. The third-order valence-electron chi connectivity index (χ3n) is 8.19. The van der Waals surface area contributed by atoms with Crippen LogP contribution in [0.5, 0.6) is 0 Å². The molecule has 2 aliphatic rings. The number of aliphatic hydroxyl groups excluding tert-OH is 1. The van der Waals surface area contributed by atoms with Gasteiger partial charge in [0, 0.05) is 49.8 Å². The molecular weight excluding hydrogens is 440 g/mol. The van der Waals surface area contributed by atoms with Crippen molar-refractivity contribution >= 4 is 16.5 Å². The Kier molecular flexibility index (Phi) is 8.02. The summed E-state index contributed by atoms with van der Waals surface area (Å²) in [5, 5.41) is 12.5. The number of piperazine rings is 1. The fraction of sp³-hybridized carbons (Fsp3) is 0.679. The number of hydrogen-bond acceptors (Lipinski definition) is 6. The van der Waals surface area contributed by atoms with Crippen LogP contribution in [0.15, 0.2) is 23.6 Å². The average molecular weight is 485 g/mol. The van der Waals surface area contributed by atoms with Crippen molar-refractivity contribution in [2.24, 2.45) is 5.73 Å². The lowest BCUT2D eigenvalue weighted by atomic mass is 9.63. The number of anilines is 1. The molecule has 4 rings (SSSR count). The minimum Gasteiger partial charge on any atom is -0.396 e. The minimum atomic E-state index is 0.216. The van der Waals surface area contributed by atoms with Crippen LogP contribution in [-0.4, -0.2) is 60.4 Å². The normalized spacial score (nSPS) is 20.8. The van der Waals surface area contributed by atoms with Gasteiger partial charge in [-0.25, -0.2) is 4.98 Å². The molecule has 1 unspecified atom stereocenters. The maximum Gasteiger partial charge on any atom is 0.185 e. The monoisotopic (exact) mass is 484 g/mol. The van der Waals surface area contributed by atoms with Gasteiger partial charge in [-0.3, -0.25) is 4.90 Å². The molecule has 34 heavy (non-hydrogen) atoms. The van der Waals surface area contributed by atoms with E-state index < -0.39 is 0 Å². The van der Waals surface area contributed by atoms with Gasteiger partial charge in [0.2, 0.25) is 0 Å². The number of rotatable bonds is 9. The van der Waals surface area contributed by atoms with E-state index >= 15 is 0 Å². The Labute approximate surface area is 210 Å². The van der Waals surface area contributed by atoms with E-state index in [9.17, 15) is 0 Å². The Morgan fingerprint density at radius 1 is 1.00 bits per heavy atom. The number of unbranched alkanes of at least 4 members (excludes halogenated alkanes) is 1. The Hall–Kier alpha value is -1.47. The van der Waals surface area contributed by atoms with E-state index in [1.165, 1.54) is 29.5 Å². The van der Waals surface area contributed by atoms with Crippen molar-refractivity contribution in [3.05, 3.63) is 34.7 Å². The summed E-state index contributed by atoms with van der Waals surface area (Å²) in [6.07, 6.45) is 6.61. The molecule has 0 bridgehead atoms. The van der Waals surface area contributed by atoms with Crippen molar-refractivity contribution in [2.75, 3.05) is 44.2 Å². The highest BCUT2D eigenvalue weighted by Crippen LogP contribution is 2.47. The Morgan fingerprint density at radius 2 is 1.71 bits per heavy atom. The van der Waals surface area contributed by atoms with E-state index in [1.807, 2.05) is 0 Å². The molecule has 1 atom stereocenters. The number of aliphatic hydroxyl groups is 1. The smallest absolute Gasteiger partial charge is 0.185 e. The first-order chi connectivity index (χ1) is 16.2. The Morgan fingerprint density at radius 3 is 2.38 bits per heavy atom. The van der Waals surface area contributed by atoms with E-state index in [2.05, 4.69) is 61.1 Å². The molecule has 0 saturated carbocycles. The number of fused-ring (bicyclic) bond motifs is 1. The summed E-state index contributed by atoms with van der Waals surface area (Å²) < 4.78 is 0. The van der Waals surface area contributed by atoms with Crippen LogP contribution >= 0.6 is 11.3 Å². The number of benzene rings is 1. The maximum atomic E-state index is 9.12. The molecule has 0 radical (unpaired) electrons. The summed E-state index contributed by atoms with van der Waals surface area (Å²) in [5.41, 5.74) is 11.7. The first-order valence-electron chi connectivity index (χ1n) is 13.2. The highest BCUT2D eigenvalue weighted by molar-refractivity contribution is 7.14. The molecule has 1 aromatic carbocycles. The summed E-state index contributed by atoms with van der Waals surface area (Å²) in [6, 6.07) is 7.59. The zero-order chi connectivity index (χ0) is 24.3. The fourth-order valence-electron chi connectivity index (χ4n) is 5.76. The van der Waals surface area contributed by atoms with Crippen LogP contribution < -0.4 is 10.6 Å². The molecule has 3 N–H and O–H groups in total.